The smallest absolute Gasteiger partial charge is 0.269 e. The van der Waals surface area contributed by atoms with Gasteiger partial charge in [0.2, 0.25) is 0 Å². The third kappa shape index (κ3) is 4.57. The van der Waals surface area contributed by atoms with E-state index in [0.717, 1.165) is 5.56 Å². The van der Waals surface area contributed by atoms with E-state index in [4.69, 9.17) is 4.84 Å². The molecule has 3 aromatic rings. The molecule has 0 aliphatic rings. The number of hydrogen-bond donors (Lipinski definition) is 1. The summed E-state index contributed by atoms with van der Waals surface area (Å²) >= 11 is 0. The van der Waals surface area contributed by atoms with E-state index in [1.165, 1.54) is 35.6 Å². The SMILES string of the molecule is CN(c1ccccc1)S(=O)(=O)c1cccc(C(=O)NOCc2ccccc2)c1. The summed E-state index contributed by atoms with van der Waals surface area (Å²) in [6.45, 7) is 0.210. The highest BCUT2D eigenvalue weighted by molar-refractivity contribution is 7.92. The Morgan fingerprint density at radius 3 is 2.25 bits per heavy atom. The van der Waals surface area contributed by atoms with E-state index in [2.05, 4.69) is 5.48 Å². The van der Waals surface area contributed by atoms with Crippen molar-refractivity contribution >= 4 is 21.6 Å². The standard InChI is InChI=1S/C21H20N2O4S/c1-23(19-12-6-3-7-13-19)28(25,26)20-14-8-11-18(15-20)21(24)22-27-16-17-9-4-2-5-10-17/h2-15H,16H2,1H3,(H,22,24). The zero-order valence-electron chi connectivity index (χ0n) is 15.3. The molecule has 0 heterocycles. The fourth-order valence-electron chi connectivity index (χ4n) is 2.55. The first-order valence-corrected chi connectivity index (χ1v) is 10.0. The highest BCUT2D eigenvalue weighted by atomic mass is 32.2. The second kappa shape index (κ2) is 8.69. The van der Waals surface area contributed by atoms with E-state index < -0.39 is 15.9 Å². The van der Waals surface area contributed by atoms with Crippen molar-refractivity contribution in [2.75, 3.05) is 11.4 Å². The summed E-state index contributed by atoms with van der Waals surface area (Å²) in [6.07, 6.45) is 0. The Morgan fingerprint density at radius 1 is 0.929 bits per heavy atom. The molecule has 0 spiro atoms. The summed E-state index contributed by atoms with van der Waals surface area (Å²) < 4.78 is 26.9. The van der Waals surface area contributed by atoms with Gasteiger partial charge in [0.25, 0.3) is 15.9 Å². The minimum absolute atomic E-state index is 0.0227. The average molecular weight is 396 g/mol. The molecule has 0 bridgehead atoms. The monoisotopic (exact) mass is 396 g/mol. The minimum Gasteiger partial charge on any atom is -0.269 e. The maximum absolute atomic E-state index is 12.9. The van der Waals surface area contributed by atoms with Crippen LogP contribution in [-0.2, 0) is 21.5 Å². The molecule has 0 saturated heterocycles. The summed E-state index contributed by atoms with van der Waals surface area (Å²) in [6, 6.07) is 24.0. The molecule has 3 aromatic carbocycles. The molecule has 144 valence electrons. The lowest BCUT2D eigenvalue weighted by atomic mass is 10.2. The zero-order valence-corrected chi connectivity index (χ0v) is 16.1. The Morgan fingerprint density at radius 2 is 1.57 bits per heavy atom. The topological polar surface area (TPSA) is 75.7 Å². The van der Waals surface area contributed by atoms with Crippen molar-refractivity contribution in [3.8, 4) is 0 Å². The number of hydroxylamine groups is 1. The quantitative estimate of drug-likeness (QED) is 0.621. The van der Waals surface area contributed by atoms with Crippen LogP contribution in [0.25, 0.3) is 0 Å². The van der Waals surface area contributed by atoms with E-state index >= 15 is 0 Å². The van der Waals surface area contributed by atoms with Crippen LogP contribution in [-0.4, -0.2) is 21.4 Å². The summed E-state index contributed by atoms with van der Waals surface area (Å²) in [5, 5.41) is 0. The summed E-state index contributed by atoms with van der Waals surface area (Å²) in [5.74, 6) is -0.518. The predicted molar refractivity (Wildman–Crippen MR) is 107 cm³/mol. The largest absolute Gasteiger partial charge is 0.274 e. The molecule has 0 unspecified atom stereocenters. The van der Waals surface area contributed by atoms with Gasteiger partial charge in [0.1, 0.15) is 0 Å². The summed E-state index contributed by atoms with van der Waals surface area (Å²) in [5.41, 5.74) is 3.97. The van der Waals surface area contributed by atoms with Crippen LogP contribution < -0.4 is 9.79 Å². The van der Waals surface area contributed by atoms with Gasteiger partial charge in [0.15, 0.2) is 0 Å². The Kier molecular flexibility index (Phi) is 6.08. The van der Waals surface area contributed by atoms with Crippen LogP contribution in [0.5, 0.6) is 0 Å². The Hall–Kier alpha value is -3.16. The number of nitrogens with zero attached hydrogens (tertiary/aromatic N) is 1. The second-order valence-electron chi connectivity index (χ2n) is 6.04. The molecule has 0 aliphatic carbocycles. The molecule has 0 radical (unpaired) electrons. The Bertz CT molecular complexity index is 1040. The maximum atomic E-state index is 12.9. The van der Waals surface area contributed by atoms with Crippen molar-refractivity contribution in [1.82, 2.24) is 5.48 Å². The molecule has 0 aromatic heterocycles. The Labute approximate surface area is 164 Å². The first-order valence-electron chi connectivity index (χ1n) is 8.58. The van der Waals surface area contributed by atoms with Gasteiger partial charge >= 0.3 is 0 Å². The number of carbonyl (C=O) groups excluding carboxylic acids is 1. The van der Waals surface area contributed by atoms with E-state index in [1.54, 1.807) is 24.3 Å². The van der Waals surface area contributed by atoms with Crippen LogP contribution in [0, 0.1) is 0 Å². The van der Waals surface area contributed by atoms with Gasteiger partial charge in [-0.1, -0.05) is 54.6 Å². The number of anilines is 1. The van der Waals surface area contributed by atoms with Crippen LogP contribution in [0.4, 0.5) is 5.69 Å². The molecular formula is C21H20N2O4S. The first-order chi connectivity index (χ1) is 13.5. The minimum atomic E-state index is -3.80. The van der Waals surface area contributed by atoms with Gasteiger partial charge in [-0.2, -0.15) is 0 Å². The van der Waals surface area contributed by atoms with E-state index in [1.807, 2.05) is 36.4 Å². The highest BCUT2D eigenvalue weighted by Gasteiger charge is 2.22. The number of nitrogens with one attached hydrogen (secondary N) is 1. The van der Waals surface area contributed by atoms with Crippen molar-refractivity contribution in [1.29, 1.82) is 0 Å². The average Bonchev–Trinajstić information content (AvgIpc) is 2.74. The molecule has 3 rings (SSSR count). The summed E-state index contributed by atoms with van der Waals surface area (Å²) in [7, 11) is -2.33. The molecule has 28 heavy (non-hydrogen) atoms. The lowest BCUT2D eigenvalue weighted by molar-refractivity contribution is 0.0233. The van der Waals surface area contributed by atoms with Crippen LogP contribution in [0.2, 0.25) is 0 Å². The van der Waals surface area contributed by atoms with Crippen molar-refractivity contribution in [3.63, 3.8) is 0 Å². The van der Waals surface area contributed by atoms with Crippen LogP contribution in [0.1, 0.15) is 15.9 Å². The molecule has 0 atom stereocenters. The number of benzene rings is 3. The third-order valence-electron chi connectivity index (χ3n) is 4.12. The molecule has 1 amide bonds. The Balaban J connectivity index is 1.71. The zero-order chi connectivity index (χ0) is 20.0. The number of sulfonamides is 1. The van der Waals surface area contributed by atoms with Crippen molar-refractivity contribution in [2.24, 2.45) is 0 Å². The number of carbonyl (C=O) groups is 1. The van der Waals surface area contributed by atoms with Gasteiger partial charge in [-0.3, -0.25) is 13.9 Å². The number of hydrogen-bond acceptors (Lipinski definition) is 4. The lowest BCUT2D eigenvalue weighted by Gasteiger charge is -2.19. The van der Waals surface area contributed by atoms with Gasteiger partial charge < -0.3 is 0 Å². The van der Waals surface area contributed by atoms with Crippen molar-refractivity contribution in [3.05, 3.63) is 96.1 Å². The van der Waals surface area contributed by atoms with E-state index in [9.17, 15) is 13.2 Å². The van der Waals surface area contributed by atoms with Gasteiger partial charge in [-0.25, -0.2) is 13.9 Å². The normalized spacial score (nSPS) is 11.0. The molecule has 0 saturated carbocycles. The van der Waals surface area contributed by atoms with E-state index in [0.29, 0.717) is 5.69 Å². The van der Waals surface area contributed by atoms with Crippen LogP contribution in [0.3, 0.4) is 0 Å². The fraction of sp³-hybridized carbons (Fsp3) is 0.0952. The number of rotatable bonds is 7. The molecule has 0 fully saturated rings. The van der Waals surface area contributed by atoms with Crippen LogP contribution >= 0.6 is 0 Å². The highest BCUT2D eigenvalue weighted by Crippen LogP contribution is 2.22. The number of amides is 1. The van der Waals surface area contributed by atoms with E-state index in [-0.39, 0.29) is 17.1 Å². The molecule has 7 heteroatoms. The summed E-state index contributed by atoms with van der Waals surface area (Å²) in [4.78, 5) is 17.6. The fourth-order valence-corrected chi connectivity index (χ4v) is 3.79. The molecule has 6 nitrogen and oxygen atoms in total. The van der Waals surface area contributed by atoms with Gasteiger partial charge in [0.05, 0.1) is 17.2 Å². The van der Waals surface area contributed by atoms with Gasteiger partial charge in [-0.15, -0.1) is 0 Å². The number of para-hydroxylation sites is 1. The van der Waals surface area contributed by atoms with Crippen molar-refractivity contribution < 1.29 is 18.0 Å². The first kappa shape index (κ1) is 19.6. The van der Waals surface area contributed by atoms with Crippen molar-refractivity contribution in [2.45, 2.75) is 11.5 Å². The maximum Gasteiger partial charge on any atom is 0.274 e. The molecule has 0 aliphatic heterocycles. The van der Waals surface area contributed by atoms with Gasteiger partial charge in [-0.05, 0) is 35.9 Å². The molecular weight excluding hydrogens is 376 g/mol. The second-order valence-corrected chi connectivity index (χ2v) is 8.01. The molecule has 1 N–H and O–H groups in total. The lowest BCUT2D eigenvalue weighted by Crippen LogP contribution is -2.27. The third-order valence-corrected chi connectivity index (χ3v) is 5.90. The van der Waals surface area contributed by atoms with Gasteiger partial charge in [0, 0.05) is 12.6 Å². The van der Waals surface area contributed by atoms with Crippen LogP contribution in [0.15, 0.2) is 89.8 Å². The predicted octanol–water partition coefficient (Wildman–Crippen LogP) is 3.37.